The Labute approximate surface area is 154 Å². The summed E-state index contributed by atoms with van der Waals surface area (Å²) in [6.07, 6.45) is -0.0382. The number of fused-ring (bicyclic) bond motifs is 1. The zero-order valence-electron chi connectivity index (χ0n) is 14.2. The summed E-state index contributed by atoms with van der Waals surface area (Å²) in [5.74, 6) is -0.393. The number of halogens is 1. The molecule has 2 rings (SSSR count). The predicted molar refractivity (Wildman–Crippen MR) is 94.7 cm³/mol. The van der Waals surface area contributed by atoms with Crippen molar-refractivity contribution in [3.8, 4) is 0 Å². The molecule has 1 atom stereocenters. The maximum atomic E-state index is 12.9. The largest absolute Gasteiger partial charge is 0.449 e. The smallest absolute Gasteiger partial charge is 0.430 e. The van der Waals surface area contributed by atoms with E-state index < -0.39 is 23.5 Å². The third kappa shape index (κ3) is 3.53. The topological polar surface area (TPSA) is 84.9 Å². The van der Waals surface area contributed by atoms with Gasteiger partial charge < -0.3 is 9.47 Å². The highest BCUT2D eigenvalue weighted by Gasteiger charge is 2.49. The molecule has 25 heavy (non-hydrogen) atoms. The number of ketones is 1. The van der Waals surface area contributed by atoms with Gasteiger partial charge in [0, 0.05) is 0 Å². The van der Waals surface area contributed by atoms with Crippen LogP contribution in [0.2, 0.25) is 0 Å². The van der Waals surface area contributed by atoms with Crippen molar-refractivity contribution in [2.45, 2.75) is 26.3 Å². The van der Waals surface area contributed by atoms with Crippen LogP contribution in [-0.4, -0.2) is 36.2 Å². The summed E-state index contributed by atoms with van der Waals surface area (Å²) in [4.78, 5) is 37.4. The average molecular weight is 411 g/mol. The van der Waals surface area contributed by atoms with Crippen LogP contribution >= 0.6 is 15.9 Å². The van der Waals surface area contributed by atoms with E-state index in [1.807, 2.05) is 12.1 Å². The Balaban J connectivity index is 2.56. The summed E-state index contributed by atoms with van der Waals surface area (Å²) in [6.45, 7) is 5.02. The molecule has 1 unspecified atom stereocenters. The molecule has 0 saturated carbocycles. The number of Topliss-reactive ketones (excluding diaryl/α,β-unsaturated/α-hetero) is 1. The SMILES string of the molecule is CCOC(=O)NN(C(=O)OCC)C1(C)C(=O)C(Br)=Cc2ccccc21. The van der Waals surface area contributed by atoms with Gasteiger partial charge in [0.1, 0.15) is 0 Å². The van der Waals surface area contributed by atoms with E-state index in [1.165, 1.54) is 0 Å². The molecule has 1 aliphatic carbocycles. The molecule has 1 aromatic rings. The summed E-state index contributed by atoms with van der Waals surface area (Å²) in [5.41, 5.74) is 2.15. The Morgan fingerprint density at radius 3 is 2.48 bits per heavy atom. The lowest BCUT2D eigenvalue weighted by molar-refractivity contribution is -0.127. The second-order valence-electron chi connectivity index (χ2n) is 5.35. The van der Waals surface area contributed by atoms with Crippen LogP contribution in [0.3, 0.4) is 0 Å². The molecule has 0 fully saturated rings. The normalized spacial score (nSPS) is 18.7. The van der Waals surface area contributed by atoms with Gasteiger partial charge in [0.25, 0.3) is 0 Å². The van der Waals surface area contributed by atoms with Crippen molar-refractivity contribution >= 4 is 40.0 Å². The summed E-state index contributed by atoms with van der Waals surface area (Å²) >= 11 is 3.24. The second kappa shape index (κ2) is 7.69. The van der Waals surface area contributed by atoms with Crippen LogP contribution in [0.1, 0.15) is 31.9 Å². The second-order valence-corrected chi connectivity index (χ2v) is 6.20. The first-order chi connectivity index (χ1) is 11.9. The molecule has 1 aliphatic rings. The van der Waals surface area contributed by atoms with Crippen molar-refractivity contribution in [1.82, 2.24) is 10.4 Å². The van der Waals surface area contributed by atoms with Gasteiger partial charge in [-0.3, -0.25) is 4.79 Å². The van der Waals surface area contributed by atoms with Crippen molar-refractivity contribution in [1.29, 1.82) is 0 Å². The molecule has 0 aliphatic heterocycles. The van der Waals surface area contributed by atoms with E-state index in [0.29, 0.717) is 5.56 Å². The van der Waals surface area contributed by atoms with Crippen molar-refractivity contribution < 1.29 is 23.9 Å². The number of rotatable bonds is 3. The summed E-state index contributed by atoms with van der Waals surface area (Å²) < 4.78 is 10.2. The zero-order valence-corrected chi connectivity index (χ0v) is 15.8. The molecular formula is C17H19BrN2O5. The van der Waals surface area contributed by atoms with Crippen LogP contribution in [0.25, 0.3) is 6.08 Å². The lowest BCUT2D eigenvalue weighted by Crippen LogP contribution is -2.61. The molecule has 134 valence electrons. The number of carbonyl (C=O) groups is 3. The molecule has 0 saturated heterocycles. The van der Waals surface area contributed by atoms with Crippen LogP contribution in [0.15, 0.2) is 28.7 Å². The number of amides is 2. The van der Waals surface area contributed by atoms with Gasteiger partial charge in [-0.05, 0) is 53.9 Å². The number of ether oxygens (including phenoxy) is 2. The first kappa shape index (κ1) is 19.0. The average Bonchev–Trinajstić information content (AvgIpc) is 2.58. The van der Waals surface area contributed by atoms with Gasteiger partial charge in [0.2, 0.25) is 5.78 Å². The third-order valence-corrected chi connectivity index (χ3v) is 4.39. The first-order valence-corrected chi connectivity index (χ1v) is 8.57. The van der Waals surface area contributed by atoms with Gasteiger partial charge in [0.15, 0.2) is 5.54 Å². The number of hydrogen-bond donors (Lipinski definition) is 1. The summed E-state index contributed by atoms with van der Waals surface area (Å²) in [5, 5.41) is 0.879. The minimum absolute atomic E-state index is 0.0861. The number of benzene rings is 1. The molecule has 8 heteroatoms. The van der Waals surface area contributed by atoms with Gasteiger partial charge in [0.05, 0.1) is 17.7 Å². The van der Waals surface area contributed by atoms with Gasteiger partial charge in [-0.2, -0.15) is 5.01 Å². The number of carbonyl (C=O) groups excluding carboxylic acids is 3. The zero-order chi connectivity index (χ0) is 18.6. The Bertz CT molecular complexity index is 734. The van der Waals surface area contributed by atoms with Crippen LogP contribution < -0.4 is 5.43 Å². The highest BCUT2D eigenvalue weighted by molar-refractivity contribution is 9.12. The Hall–Kier alpha value is -2.35. The van der Waals surface area contributed by atoms with Gasteiger partial charge in [-0.25, -0.2) is 15.0 Å². The molecule has 1 aromatic carbocycles. The maximum absolute atomic E-state index is 12.9. The van der Waals surface area contributed by atoms with E-state index in [4.69, 9.17) is 9.47 Å². The van der Waals surface area contributed by atoms with E-state index in [-0.39, 0.29) is 17.7 Å². The standard InChI is InChI=1S/C17H19BrN2O5/c1-4-24-15(22)19-20(16(23)25-5-2)17(3)12-9-7-6-8-11(12)10-13(18)14(17)21/h6-10H,4-5H2,1-3H3,(H,19,22). The molecular weight excluding hydrogens is 392 g/mol. The van der Waals surface area contributed by atoms with E-state index in [0.717, 1.165) is 10.6 Å². The number of nitrogens with one attached hydrogen (secondary N) is 1. The molecule has 7 nitrogen and oxygen atoms in total. The highest BCUT2D eigenvalue weighted by Crippen LogP contribution is 2.40. The molecule has 1 N–H and O–H groups in total. The van der Waals surface area contributed by atoms with Crippen molar-refractivity contribution in [2.75, 3.05) is 13.2 Å². The third-order valence-electron chi connectivity index (χ3n) is 3.80. The van der Waals surface area contributed by atoms with Crippen LogP contribution in [0, 0.1) is 0 Å². The number of hydrazine groups is 1. The summed E-state index contributed by atoms with van der Waals surface area (Å²) in [7, 11) is 0. The lowest BCUT2D eigenvalue weighted by atomic mass is 9.80. The molecule has 0 aromatic heterocycles. The van der Waals surface area contributed by atoms with Crippen molar-refractivity contribution in [3.63, 3.8) is 0 Å². The Morgan fingerprint density at radius 2 is 1.84 bits per heavy atom. The van der Waals surface area contributed by atoms with Crippen LogP contribution in [0.4, 0.5) is 9.59 Å². The molecule has 0 bridgehead atoms. The fraction of sp³-hybridized carbons (Fsp3) is 0.353. The van der Waals surface area contributed by atoms with Crippen LogP contribution in [0.5, 0.6) is 0 Å². The predicted octanol–water partition coefficient (Wildman–Crippen LogP) is 3.34. The summed E-state index contributed by atoms with van der Waals surface area (Å²) in [6, 6.07) is 7.11. The molecule has 0 heterocycles. The van der Waals surface area contributed by atoms with Gasteiger partial charge >= 0.3 is 12.2 Å². The van der Waals surface area contributed by atoms with E-state index in [1.54, 1.807) is 39.0 Å². The monoisotopic (exact) mass is 410 g/mol. The lowest BCUT2D eigenvalue weighted by Gasteiger charge is -2.41. The van der Waals surface area contributed by atoms with Gasteiger partial charge in [-0.1, -0.05) is 24.3 Å². The fourth-order valence-corrected chi connectivity index (χ4v) is 3.26. The molecule has 2 amide bonds. The minimum atomic E-state index is -1.50. The minimum Gasteiger partial charge on any atom is -0.449 e. The van der Waals surface area contributed by atoms with E-state index in [2.05, 4.69) is 21.4 Å². The van der Waals surface area contributed by atoms with Gasteiger partial charge in [-0.15, -0.1) is 0 Å². The van der Waals surface area contributed by atoms with E-state index >= 15 is 0 Å². The fourth-order valence-electron chi connectivity index (χ4n) is 2.63. The Morgan fingerprint density at radius 1 is 1.20 bits per heavy atom. The van der Waals surface area contributed by atoms with E-state index in [9.17, 15) is 14.4 Å². The quantitative estimate of drug-likeness (QED) is 0.772. The van der Waals surface area contributed by atoms with Crippen molar-refractivity contribution in [2.24, 2.45) is 0 Å². The molecule has 0 spiro atoms. The first-order valence-electron chi connectivity index (χ1n) is 7.78. The number of hydrogen-bond acceptors (Lipinski definition) is 5. The highest BCUT2D eigenvalue weighted by atomic mass is 79.9. The Kier molecular flexibility index (Phi) is 5.84. The van der Waals surface area contributed by atoms with Crippen molar-refractivity contribution in [3.05, 3.63) is 39.9 Å². The van der Waals surface area contributed by atoms with Crippen LogP contribution in [-0.2, 0) is 19.8 Å². The number of nitrogens with zero attached hydrogens (tertiary/aromatic N) is 1. The maximum Gasteiger partial charge on any atom is 0.430 e. The molecule has 0 radical (unpaired) electrons.